The molecule has 3 nitrogen and oxygen atoms in total. The van der Waals surface area contributed by atoms with Crippen LogP contribution in [0.25, 0.3) is 0 Å². The molecule has 0 bridgehead atoms. The summed E-state index contributed by atoms with van der Waals surface area (Å²) in [5, 5.41) is 6.60. The van der Waals surface area contributed by atoms with E-state index in [1.165, 1.54) is 32.1 Å². The zero-order chi connectivity index (χ0) is 11.4. The van der Waals surface area contributed by atoms with Crippen molar-refractivity contribution in [1.29, 1.82) is 0 Å². The van der Waals surface area contributed by atoms with Crippen LogP contribution in [0, 0.1) is 5.41 Å². The first kappa shape index (κ1) is 11.9. The topological polar surface area (TPSA) is 41.1 Å². The van der Waals surface area contributed by atoms with Crippen molar-refractivity contribution in [2.75, 3.05) is 13.1 Å². The van der Waals surface area contributed by atoms with Gasteiger partial charge in [-0.05, 0) is 32.2 Å². The second kappa shape index (κ2) is 5.17. The van der Waals surface area contributed by atoms with Gasteiger partial charge >= 0.3 is 0 Å². The Morgan fingerprint density at radius 3 is 2.69 bits per heavy atom. The number of carbonyl (C=O) groups excluding carboxylic acids is 1. The van der Waals surface area contributed by atoms with Gasteiger partial charge in [0.2, 0.25) is 5.91 Å². The normalized spacial score (nSPS) is 31.6. The number of nitrogens with one attached hydrogen (secondary N) is 2. The lowest BCUT2D eigenvalue weighted by molar-refractivity contribution is -0.131. The number of hydrogen-bond donors (Lipinski definition) is 2. The molecule has 0 spiro atoms. The van der Waals surface area contributed by atoms with Crippen molar-refractivity contribution in [2.45, 2.75) is 57.9 Å². The molecule has 1 saturated heterocycles. The quantitative estimate of drug-likeness (QED) is 0.768. The van der Waals surface area contributed by atoms with Crippen LogP contribution in [0.2, 0.25) is 0 Å². The van der Waals surface area contributed by atoms with Gasteiger partial charge in [-0.1, -0.05) is 26.2 Å². The summed E-state index contributed by atoms with van der Waals surface area (Å²) in [5.41, 5.74) is -0.114. The van der Waals surface area contributed by atoms with E-state index >= 15 is 0 Å². The van der Waals surface area contributed by atoms with Crippen LogP contribution in [0.15, 0.2) is 0 Å². The number of rotatable bonds is 3. The number of carbonyl (C=O) groups is 1. The lowest BCUT2D eigenvalue weighted by Gasteiger charge is -2.30. The van der Waals surface area contributed by atoms with Crippen molar-refractivity contribution in [3.8, 4) is 0 Å². The summed E-state index contributed by atoms with van der Waals surface area (Å²) in [4.78, 5) is 12.3. The van der Waals surface area contributed by atoms with Crippen molar-refractivity contribution < 1.29 is 4.79 Å². The highest BCUT2D eigenvalue weighted by molar-refractivity contribution is 5.83. The first-order valence-electron chi connectivity index (χ1n) is 6.78. The van der Waals surface area contributed by atoms with Gasteiger partial charge in [0.15, 0.2) is 0 Å². The van der Waals surface area contributed by atoms with Crippen LogP contribution < -0.4 is 10.6 Å². The van der Waals surface area contributed by atoms with Crippen molar-refractivity contribution in [1.82, 2.24) is 10.6 Å². The third-order valence-corrected chi connectivity index (χ3v) is 4.34. The minimum atomic E-state index is -0.114. The molecule has 0 radical (unpaired) electrons. The van der Waals surface area contributed by atoms with Gasteiger partial charge in [0.25, 0.3) is 0 Å². The molecule has 1 unspecified atom stereocenters. The van der Waals surface area contributed by atoms with E-state index in [9.17, 15) is 4.79 Å². The second-order valence-electron chi connectivity index (χ2n) is 5.37. The monoisotopic (exact) mass is 224 g/mol. The third kappa shape index (κ3) is 2.40. The highest BCUT2D eigenvalue weighted by atomic mass is 16.2. The van der Waals surface area contributed by atoms with E-state index in [0.29, 0.717) is 11.9 Å². The standard InChI is InChI=1S/C13H24N2O/c1-2-13(8-9-14-10-13)12(16)15-11-6-4-3-5-7-11/h11,14H,2-10H2,1H3,(H,15,16). The van der Waals surface area contributed by atoms with Crippen molar-refractivity contribution in [3.63, 3.8) is 0 Å². The van der Waals surface area contributed by atoms with Gasteiger partial charge in [-0.25, -0.2) is 0 Å². The van der Waals surface area contributed by atoms with Gasteiger partial charge in [-0.15, -0.1) is 0 Å². The molecule has 0 aromatic carbocycles. The smallest absolute Gasteiger partial charge is 0.227 e. The fourth-order valence-electron chi connectivity index (χ4n) is 2.99. The maximum atomic E-state index is 12.3. The molecule has 3 heteroatoms. The predicted octanol–water partition coefficient (Wildman–Crippen LogP) is 1.82. The summed E-state index contributed by atoms with van der Waals surface area (Å²) in [5.74, 6) is 0.298. The molecule has 2 rings (SSSR count). The Labute approximate surface area is 98.4 Å². The Morgan fingerprint density at radius 1 is 1.38 bits per heavy atom. The summed E-state index contributed by atoms with van der Waals surface area (Å²) in [6, 6.07) is 0.449. The minimum absolute atomic E-state index is 0.114. The van der Waals surface area contributed by atoms with Crippen molar-refractivity contribution in [2.24, 2.45) is 5.41 Å². The minimum Gasteiger partial charge on any atom is -0.353 e. The van der Waals surface area contributed by atoms with Crippen molar-refractivity contribution in [3.05, 3.63) is 0 Å². The number of hydrogen-bond acceptors (Lipinski definition) is 2. The van der Waals surface area contributed by atoms with Gasteiger partial charge in [0.05, 0.1) is 5.41 Å². The summed E-state index contributed by atoms with van der Waals surface area (Å²) in [6.45, 7) is 3.99. The molecule has 1 atom stereocenters. The average Bonchev–Trinajstić information content (AvgIpc) is 2.80. The molecule has 1 amide bonds. The third-order valence-electron chi connectivity index (χ3n) is 4.34. The van der Waals surface area contributed by atoms with Gasteiger partial charge < -0.3 is 10.6 Å². The largest absolute Gasteiger partial charge is 0.353 e. The Balaban J connectivity index is 1.90. The van der Waals surface area contributed by atoms with E-state index in [1.54, 1.807) is 0 Å². The lowest BCUT2D eigenvalue weighted by atomic mass is 9.82. The number of amides is 1. The molecule has 0 aromatic heterocycles. The highest BCUT2D eigenvalue weighted by Crippen LogP contribution is 2.30. The van der Waals surface area contributed by atoms with Gasteiger partial charge in [-0.3, -0.25) is 4.79 Å². The molecule has 2 aliphatic rings. The predicted molar refractivity (Wildman–Crippen MR) is 65.2 cm³/mol. The van der Waals surface area contributed by atoms with E-state index < -0.39 is 0 Å². The van der Waals surface area contributed by atoms with Crippen LogP contribution in [-0.4, -0.2) is 25.0 Å². The molecule has 92 valence electrons. The molecule has 1 aliphatic carbocycles. The molecule has 2 N–H and O–H groups in total. The molecule has 1 aliphatic heterocycles. The van der Waals surface area contributed by atoms with E-state index in [4.69, 9.17) is 0 Å². The van der Waals surface area contributed by atoms with Crippen molar-refractivity contribution >= 4 is 5.91 Å². The van der Waals surface area contributed by atoms with E-state index in [-0.39, 0.29) is 5.41 Å². The molecule has 1 saturated carbocycles. The first-order valence-corrected chi connectivity index (χ1v) is 6.78. The van der Waals surface area contributed by atoms with Crippen LogP contribution >= 0.6 is 0 Å². The van der Waals surface area contributed by atoms with Crippen LogP contribution in [0.3, 0.4) is 0 Å². The fraction of sp³-hybridized carbons (Fsp3) is 0.923. The average molecular weight is 224 g/mol. The van der Waals surface area contributed by atoms with Gasteiger partial charge in [-0.2, -0.15) is 0 Å². The fourth-order valence-corrected chi connectivity index (χ4v) is 2.99. The van der Waals surface area contributed by atoms with Crippen LogP contribution in [0.5, 0.6) is 0 Å². The van der Waals surface area contributed by atoms with Crippen LogP contribution in [-0.2, 0) is 4.79 Å². The summed E-state index contributed by atoms with van der Waals surface area (Å²) in [7, 11) is 0. The summed E-state index contributed by atoms with van der Waals surface area (Å²) < 4.78 is 0. The van der Waals surface area contributed by atoms with E-state index in [2.05, 4.69) is 17.6 Å². The summed E-state index contributed by atoms with van der Waals surface area (Å²) >= 11 is 0. The Hall–Kier alpha value is -0.570. The zero-order valence-electron chi connectivity index (χ0n) is 10.3. The Kier molecular flexibility index (Phi) is 3.85. The Bertz CT molecular complexity index is 240. The molecular formula is C13H24N2O. The van der Waals surface area contributed by atoms with E-state index in [1.807, 2.05) is 0 Å². The van der Waals surface area contributed by atoms with E-state index in [0.717, 1.165) is 25.9 Å². The molecule has 1 heterocycles. The maximum Gasteiger partial charge on any atom is 0.227 e. The molecule has 16 heavy (non-hydrogen) atoms. The SMILES string of the molecule is CCC1(C(=O)NC2CCCCC2)CCNC1. The summed E-state index contributed by atoms with van der Waals surface area (Å²) in [6.07, 6.45) is 8.22. The maximum absolute atomic E-state index is 12.3. The van der Waals surface area contributed by atoms with Gasteiger partial charge in [0.1, 0.15) is 0 Å². The zero-order valence-corrected chi connectivity index (χ0v) is 10.3. The molecular weight excluding hydrogens is 200 g/mol. The second-order valence-corrected chi connectivity index (χ2v) is 5.37. The molecule has 0 aromatic rings. The van der Waals surface area contributed by atoms with Gasteiger partial charge in [0, 0.05) is 12.6 Å². The molecule has 2 fully saturated rings. The lowest BCUT2D eigenvalue weighted by Crippen LogP contribution is -2.47. The van der Waals surface area contributed by atoms with Crippen LogP contribution in [0.1, 0.15) is 51.9 Å². The first-order chi connectivity index (χ1) is 7.77. The Morgan fingerprint density at radius 2 is 2.12 bits per heavy atom. The highest BCUT2D eigenvalue weighted by Gasteiger charge is 2.40. The van der Waals surface area contributed by atoms with Crippen LogP contribution in [0.4, 0.5) is 0 Å².